The Hall–Kier alpha value is -3.87. The van der Waals surface area contributed by atoms with Crippen LogP contribution in [0.15, 0.2) is 36.4 Å². The first-order valence-electron chi connectivity index (χ1n) is 11.1. The summed E-state index contributed by atoms with van der Waals surface area (Å²) in [5.74, 6) is -0.0917. The summed E-state index contributed by atoms with van der Waals surface area (Å²) in [4.78, 5) is 34.5. The highest BCUT2D eigenvalue weighted by Crippen LogP contribution is 2.33. The molecule has 2 amide bonds. The normalized spacial score (nSPS) is 16.3. The Kier molecular flexibility index (Phi) is 6.16. The maximum absolute atomic E-state index is 12.8. The van der Waals surface area contributed by atoms with Crippen LogP contribution in [0.5, 0.6) is 5.75 Å². The largest absolute Gasteiger partial charge is 0.573 e. The Bertz CT molecular complexity index is 1450. The van der Waals surface area contributed by atoms with Gasteiger partial charge in [0.05, 0.1) is 21.3 Å². The lowest BCUT2D eigenvalue weighted by atomic mass is 10.1. The van der Waals surface area contributed by atoms with Crippen molar-refractivity contribution in [3.05, 3.63) is 42.0 Å². The lowest BCUT2D eigenvalue weighted by Crippen LogP contribution is -2.47. The molecule has 5 rings (SSSR count). The van der Waals surface area contributed by atoms with Gasteiger partial charge in [0.2, 0.25) is 12.4 Å². The Labute approximate surface area is 206 Å². The molecule has 2 aromatic heterocycles. The molecule has 4 aromatic rings. The predicted octanol–water partition coefficient (Wildman–Crippen LogP) is 4.18. The van der Waals surface area contributed by atoms with Gasteiger partial charge in [0.15, 0.2) is 5.13 Å². The van der Waals surface area contributed by atoms with Crippen LogP contribution in [0.4, 0.5) is 24.3 Å². The number of halogens is 3. The number of hydrogen-bond acceptors (Lipinski definition) is 7. The predicted molar refractivity (Wildman–Crippen MR) is 128 cm³/mol. The highest BCUT2D eigenvalue weighted by molar-refractivity contribution is 7.22. The number of carbonyl (C=O) groups is 2. The molecule has 36 heavy (non-hydrogen) atoms. The fraction of sp³-hybridized carbons (Fsp3) is 0.304. The van der Waals surface area contributed by atoms with E-state index in [1.54, 1.807) is 34.7 Å². The van der Waals surface area contributed by atoms with Gasteiger partial charge in [0.1, 0.15) is 5.75 Å². The molecule has 0 spiro atoms. The van der Waals surface area contributed by atoms with Crippen molar-refractivity contribution < 1.29 is 27.5 Å². The van der Waals surface area contributed by atoms with E-state index < -0.39 is 6.36 Å². The number of nitrogens with zero attached hydrogens (tertiary/aromatic N) is 4. The second-order valence-electron chi connectivity index (χ2n) is 8.43. The number of piperidine rings is 1. The molecule has 0 saturated carbocycles. The number of hydrogen-bond donors (Lipinski definition) is 2. The molecule has 1 unspecified atom stereocenters. The van der Waals surface area contributed by atoms with Crippen LogP contribution in [0.25, 0.3) is 21.3 Å². The van der Waals surface area contributed by atoms with E-state index in [9.17, 15) is 22.8 Å². The zero-order valence-electron chi connectivity index (χ0n) is 19.0. The average Bonchev–Trinajstić information content (AvgIpc) is 3.37. The molecule has 2 aromatic carbocycles. The minimum absolute atomic E-state index is 0.103. The fourth-order valence-corrected chi connectivity index (χ4v) is 5.08. The van der Waals surface area contributed by atoms with E-state index in [0.717, 1.165) is 36.1 Å². The minimum Gasteiger partial charge on any atom is -0.406 e. The summed E-state index contributed by atoms with van der Waals surface area (Å²) in [6.07, 6.45) is -2.33. The van der Waals surface area contributed by atoms with Crippen LogP contribution < -0.4 is 15.4 Å². The van der Waals surface area contributed by atoms with Gasteiger partial charge in [-0.2, -0.15) is 0 Å². The van der Waals surface area contributed by atoms with Gasteiger partial charge in [-0.25, -0.2) is 9.97 Å². The lowest BCUT2D eigenvalue weighted by molar-refractivity contribution is -0.274. The smallest absolute Gasteiger partial charge is 0.406 e. The number of imidazole rings is 1. The number of rotatable bonds is 6. The highest BCUT2D eigenvalue weighted by atomic mass is 32.1. The number of likely N-dealkylation sites (tertiary alicyclic amines) is 1. The molecule has 1 aliphatic rings. The van der Waals surface area contributed by atoms with Gasteiger partial charge in [-0.3, -0.25) is 9.59 Å². The van der Waals surface area contributed by atoms with Crippen molar-refractivity contribution in [2.24, 2.45) is 7.05 Å². The number of carbonyl (C=O) groups excluding carboxylic acids is 2. The van der Waals surface area contributed by atoms with Crippen LogP contribution >= 0.6 is 11.3 Å². The van der Waals surface area contributed by atoms with E-state index in [0.29, 0.717) is 45.5 Å². The minimum atomic E-state index is -4.77. The molecule has 1 fully saturated rings. The van der Waals surface area contributed by atoms with Crippen molar-refractivity contribution in [3.8, 4) is 5.75 Å². The average molecular weight is 519 g/mol. The summed E-state index contributed by atoms with van der Waals surface area (Å²) in [7, 11) is 1.80. The number of nitrogens with one attached hydrogen (secondary N) is 2. The Morgan fingerprint density at radius 1 is 1.19 bits per heavy atom. The second kappa shape index (κ2) is 9.30. The number of thiazole rings is 1. The molecule has 1 saturated heterocycles. The van der Waals surface area contributed by atoms with Gasteiger partial charge in [-0.05, 0) is 43.2 Å². The van der Waals surface area contributed by atoms with Crippen LogP contribution in [0.3, 0.4) is 0 Å². The molecule has 0 aliphatic carbocycles. The zero-order chi connectivity index (χ0) is 25.4. The molecule has 1 aliphatic heterocycles. The van der Waals surface area contributed by atoms with Crippen molar-refractivity contribution in [3.63, 3.8) is 0 Å². The second-order valence-corrected chi connectivity index (χ2v) is 9.46. The van der Waals surface area contributed by atoms with Crippen LogP contribution in [0.2, 0.25) is 0 Å². The van der Waals surface area contributed by atoms with Crippen molar-refractivity contribution in [1.29, 1.82) is 0 Å². The van der Waals surface area contributed by atoms with Crippen molar-refractivity contribution in [1.82, 2.24) is 24.8 Å². The van der Waals surface area contributed by atoms with Crippen LogP contribution in [0.1, 0.15) is 23.2 Å². The van der Waals surface area contributed by atoms with Gasteiger partial charge in [-0.15, -0.1) is 13.2 Å². The number of benzene rings is 2. The Morgan fingerprint density at radius 3 is 2.81 bits per heavy atom. The van der Waals surface area contributed by atoms with E-state index in [4.69, 9.17) is 0 Å². The van der Waals surface area contributed by atoms with Gasteiger partial charge < -0.3 is 24.8 Å². The third kappa shape index (κ3) is 5.05. The summed E-state index contributed by atoms with van der Waals surface area (Å²) in [5, 5.41) is 6.53. The fourth-order valence-electron chi connectivity index (χ4n) is 4.19. The zero-order valence-corrected chi connectivity index (χ0v) is 19.8. The monoisotopic (exact) mass is 518 g/mol. The van der Waals surface area contributed by atoms with E-state index in [2.05, 4.69) is 25.3 Å². The molecule has 9 nitrogen and oxygen atoms in total. The van der Waals surface area contributed by atoms with E-state index in [-0.39, 0.29) is 17.7 Å². The molecule has 188 valence electrons. The number of anilines is 2. The van der Waals surface area contributed by atoms with Gasteiger partial charge in [0.25, 0.3) is 5.91 Å². The molecule has 3 heterocycles. The van der Waals surface area contributed by atoms with Crippen molar-refractivity contribution in [2.75, 3.05) is 18.4 Å². The van der Waals surface area contributed by atoms with E-state index in [1.165, 1.54) is 18.2 Å². The van der Waals surface area contributed by atoms with Gasteiger partial charge in [-0.1, -0.05) is 11.3 Å². The maximum Gasteiger partial charge on any atom is 0.573 e. The summed E-state index contributed by atoms with van der Waals surface area (Å²) < 4.78 is 43.8. The summed E-state index contributed by atoms with van der Waals surface area (Å²) in [5.41, 5.74) is 2.34. The van der Waals surface area contributed by atoms with E-state index >= 15 is 0 Å². The van der Waals surface area contributed by atoms with Crippen LogP contribution in [0, 0.1) is 0 Å². The maximum atomic E-state index is 12.8. The van der Waals surface area contributed by atoms with Crippen LogP contribution in [-0.4, -0.2) is 57.2 Å². The molecule has 13 heteroatoms. The quantitative estimate of drug-likeness (QED) is 0.372. The third-order valence-electron chi connectivity index (χ3n) is 5.89. The molecular formula is C23H21F3N6O3S. The highest BCUT2D eigenvalue weighted by Gasteiger charge is 2.31. The van der Waals surface area contributed by atoms with Crippen molar-refractivity contribution in [2.45, 2.75) is 25.2 Å². The summed E-state index contributed by atoms with van der Waals surface area (Å²) >= 11 is 1.16. The van der Waals surface area contributed by atoms with E-state index in [1.807, 2.05) is 0 Å². The number of aromatic nitrogens is 3. The molecule has 2 N–H and O–H groups in total. The first-order chi connectivity index (χ1) is 17.2. The molecular weight excluding hydrogens is 497 g/mol. The topological polar surface area (TPSA) is 101 Å². The SMILES string of the molecule is Cn1c(Nc2nc3ccc(OC(F)(F)F)cc3s2)nc2cc(C(=O)NC3CCCN(C=O)C3)ccc21. The number of fused-ring (bicyclic) bond motifs is 2. The summed E-state index contributed by atoms with van der Waals surface area (Å²) in [6, 6.07) is 9.04. The number of aryl methyl sites for hydroxylation is 1. The number of ether oxygens (including phenoxy) is 1. The number of amides is 2. The summed E-state index contributed by atoms with van der Waals surface area (Å²) in [6.45, 7) is 1.18. The number of alkyl halides is 3. The van der Waals surface area contributed by atoms with Crippen molar-refractivity contribution >= 4 is 56.0 Å². The molecule has 0 radical (unpaired) electrons. The Morgan fingerprint density at radius 2 is 2.03 bits per heavy atom. The molecule has 0 bridgehead atoms. The van der Waals surface area contributed by atoms with Gasteiger partial charge in [0, 0.05) is 37.8 Å². The lowest BCUT2D eigenvalue weighted by Gasteiger charge is -2.30. The molecule has 1 atom stereocenters. The first-order valence-corrected chi connectivity index (χ1v) is 11.9. The first kappa shape index (κ1) is 23.9. The third-order valence-corrected chi connectivity index (χ3v) is 6.83. The Balaban J connectivity index is 1.33. The van der Waals surface area contributed by atoms with Crippen LogP contribution in [-0.2, 0) is 11.8 Å². The van der Waals surface area contributed by atoms with Gasteiger partial charge >= 0.3 is 6.36 Å². The standard InChI is InChI=1S/C23H21F3N6O3S/c1-31-18-7-4-13(20(34)27-14-3-2-8-32(11-14)12-33)9-17(18)28-21(31)30-22-29-16-6-5-15(10-19(16)36-22)35-23(24,25)26/h4-7,9-10,12,14H,2-3,8,11H2,1H3,(H,27,34)(H,28,29,30).